The van der Waals surface area contributed by atoms with E-state index in [0.29, 0.717) is 12.6 Å². The van der Waals surface area contributed by atoms with Crippen molar-refractivity contribution in [1.29, 1.82) is 0 Å². The largest absolute Gasteiger partial charge is 0.391 e. The summed E-state index contributed by atoms with van der Waals surface area (Å²) < 4.78 is 4.86. The van der Waals surface area contributed by atoms with E-state index in [0.717, 1.165) is 32.2 Å². The van der Waals surface area contributed by atoms with Crippen LogP contribution in [-0.4, -0.2) is 37.5 Å². The number of rotatable bonds is 10. The van der Waals surface area contributed by atoms with Crippen LogP contribution in [0.2, 0.25) is 0 Å². The summed E-state index contributed by atoms with van der Waals surface area (Å²) in [6.07, 6.45) is 5.64. The van der Waals surface area contributed by atoms with Gasteiger partial charge in [0.15, 0.2) is 0 Å². The molecule has 0 aliphatic heterocycles. The molecule has 0 aromatic rings. The number of methoxy groups -OCH3 is 1. The van der Waals surface area contributed by atoms with E-state index >= 15 is 0 Å². The summed E-state index contributed by atoms with van der Waals surface area (Å²) >= 11 is 0. The minimum absolute atomic E-state index is 0.348. The van der Waals surface area contributed by atoms with Gasteiger partial charge in [-0.3, -0.25) is 0 Å². The Morgan fingerprint density at radius 3 is 2.73 bits per heavy atom. The topological polar surface area (TPSA) is 41.5 Å². The molecule has 15 heavy (non-hydrogen) atoms. The molecule has 0 aromatic heterocycles. The van der Waals surface area contributed by atoms with Gasteiger partial charge in [0, 0.05) is 13.2 Å². The third-order valence-electron chi connectivity index (χ3n) is 2.48. The minimum Gasteiger partial charge on any atom is -0.391 e. The lowest BCUT2D eigenvalue weighted by molar-refractivity contribution is 0.0589. The van der Waals surface area contributed by atoms with Crippen molar-refractivity contribution in [2.45, 2.75) is 44.8 Å². The summed E-state index contributed by atoms with van der Waals surface area (Å²) in [4.78, 5) is 0. The first-order valence-corrected chi connectivity index (χ1v) is 5.75. The second kappa shape index (κ2) is 10.1. The highest BCUT2D eigenvalue weighted by Crippen LogP contribution is 2.02. The smallest absolute Gasteiger partial charge is 0.0785 e. The molecule has 0 aliphatic rings. The quantitative estimate of drug-likeness (QED) is 0.545. The molecule has 2 N–H and O–H groups in total. The molecular weight excluding hydrogens is 190 g/mol. The summed E-state index contributed by atoms with van der Waals surface area (Å²) in [6, 6.07) is 0.540. The molecule has 0 spiro atoms. The average molecular weight is 215 g/mol. The van der Waals surface area contributed by atoms with Crippen LogP contribution in [0.1, 0.15) is 32.6 Å². The molecule has 3 nitrogen and oxygen atoms in total. The van der Waals surface area contributed by atoms with Gasteiger partial charge in [0.2, 0.25) is 0 Å². The first-order chi connectivity index (χ1) is 7.24. The number of aliphatic hydroxyl groups excluding tert-OH is 1. The molecular formula is C12H25NO2. The lowest BCUT2D eigenvalue weighted by atomic mass is 10.1. The summed E-state index contributed by atoms with van der Waals surface area (Å²) in [5.74, 6) is 0. The summed E-state index contributed by atoms with van der Waals surface area (Å²) in [6.45, 7) is 7.16. The molecule has 2 unspecified atom stereocenters. The van der Waals surface area contributed by atoms with Gasteiger partial charge in [0.25, 0.3) is 0 Å². The molecule has 0 fully saturated rings. The molecule has 0 radical (unpaired) electrons. The van der Waals surface area contributed by atoms with E-state index in [9.17, 15) is 5.11 Å². The van der Waals surface area contributed by atoms with Crippen LogP contribution in [0.4, 0.5) is 0 Å². The van der Waals surface area contributed by atoms with Gasteiger partial charge in [0.05, 0.1) is 12.7 Å². The number of ether oxygens (including phenoxy) is 1. The fourth-order valence-corrected chi connectivity index (χ4v) is 1.50. The molecule has 3 heteroatoms. The van der Waals surface area contributed by atoms with Gasteiger partial charge < -0.3 is 15.2 Å². The first-order valence-electron chi connectivity index (χ1n) is 5.75. The van der Waals surface area contributed by atoms with E-state index in [1.54, 1.807) is 7.11 Å². The van der Waals surface area contributed by atoms with Crippen molar-refractivity contribution in [2.24, 2.45) is 0 Å². The number of allylic oxidation sites excluding steroid dienone is 1. The Balaban J connectivity index is 3.48. The zero-order valence-electron chi connectivity index (χ0n) is 10.0. The van der Waals surface area contributed by atoms with Crippen LogP contribution in [0.5, 0.6) is 0 Å². The average Bonchev–Trinajstić information content (AvgIpc) is 2.23. The Labute approximate surface area is 93.5 Å². The molecule has 0 saturated carbocycles. The lowest BCUT2D eigenvalue weighted by Crippen LogP contribution is -2.31. The third kappa shape index (κ3) is 8.60. The van der Waals surface area contributed by atoms with E-state index in [-0.39, 0.29) is 6.10 Å². The standard InChI is InChI=1S/C12H25NO2/c1-4-6-7-11(5-2)13-9-8-12(14)10-15-3/h4,11-14H,1,5-10H2,2-3H3. The van der Waals surface area contributed by atoms with Crippen molar-refractivity contribution in [3.05, 3.63) is 12.7 Å². The molecule has 0 rings (SSSR count). The first kappa shape index (κ1) is 14.6. The van der Waals surface area contributed by atoms with Gasteiger partial charge >= 0.3 is 0 Å². The Morgan fingerprint density at radius 1 is 1.47 bits per heavy atom. The molecule has 0 saturated heterocycles. The van der Waals surface area contributed by atoms with E-state index in [4.69, 9.17) is 4.74 Å². The van der Waals surface area contributed by atoms with Gasteiger partial charge in [0.1, 0.15) is 0 Å². The molecule has 0 aliphatic carbocycles. The molecule has 0 amide bonds. The van der Waals surface area contributed by atoms with Crippen molar-refractivity contribution >= 4 is 0 Å². The predicted octanol–water partition coefficient (Wildman–Crippen LogP) is 1.72. The number of aliphatic hydroxyl groups is 1. The van der Waals surface area contributed by atoms with E-state index in [2.05, 4.69) is 18.8 Å². The molecule has 0 heterocycles. The zero-order chi connectivity index (χ0) is 11.5. The van der Waals surface area contributed by atoms with Gasteiger partial charge in [-0.2, -0.15) is 0 Å². The fraction of sp³-hybridized carbons (Fsp3) is 0.833. The van der Waals surface area contributed by atoms with Crippen molar-refractivity contribution in [3.8, 4) is 0 Å². The van der Waals surface area contributed by atoms with Crippen LogP contribution in [0, 0.1) is 0 Å². The van der Waals surface area contributed by atoms with E-state index in [1.807, 2.05) is 6.08 Å². The summed E-state index contributed by atoms with van der Waals surface area (Å²) in [5, 5.41) is 12.9. The maximum absolute atomic E-state index is 9.43. The van der Waals surface area contributed by atoms with Crippen molar-refractivity contribution < 1.29 is 9.84 Å². The Morgan fingerprint density at radius 2 is 2.20 bits per heavy atom. The van der Waals surface area contributed by atoms with Crippen molar-refractivity contribution in [1.82, 2.24) is 5.32 Å². The van der Waals surface area contributed by atoms with Crippen LogP contribution in [0.25, 0.3) is 0 Å². The molecule has 2 atom stereocenters. The van der Waals surface area contributed by atoms with Crippen LogP contribution in [0.3, 0.4) is 0 Å². The number of hydrogen-bond acceptors (Lipinski definition) is 3. The Hall–Kier alpha value is -0.380. The maximum Gasteiger partial charge on any atom is 0.0785 e. The summed E-state index contributed by atoms with van der Waals surface area (Å²) in [7, 11) is 1.61. The van der Waals surface area contributed by atoms with E-state index in [1.165, 1.54) is 0 Å². The summed E-state index contributed by atoms with van der Waals surface area (Å²) in [5.41, 5.74) is 0. The third-order valence-corrected chi connectivity index (χ3v) is 2.48. The van der Waals surface area contributed by atoms with Gasteiger partial charge in [-0.1, -0.05) is 13.0 Å². The zero-order valence-corrected chi connectivity index (χ0v) is 10.0. The monoisotopic (exact) mass is 215 g/mol. The molecule has 0 aromatic carbocycles. The number of hydrogen-bond donors (Lipinski definition) is 2. The lowest BCUT2D eigenvalue weighted by Gasteiger charge is -2.17. The van der Waals surface area contributed by atoms with Crippen LogP contribution >= 0.6 is 0 Å². The van der Waals surface area contributed by atoms with Gasteiger partial charge in [-0.05, 0) is 32.2 Å². The van der Waals surface area contributed by atoms with Gasteiger partial charge in [-0.15, -0.1) is 6.58 Å². The van der Waals surface area contributed by atoms with Crippen LogP contribution < -0.4 is 5.32 Å². The Bertz CT molecular complexity index is 151. The van der Waals surface area contributed by atoms with Gasteiger partial charge in [-0.25, -0.2) is 0 Å². The highest BCUT2D eigenvalue weighted by Gasteiger charge is 2.06. The molecule has 90 valence electrons. The second-order valence-corrected chi connectivity index (χ2v) is 3.82. The second-order valence-electron chi connectivity index (χ2n) is 3.82. The van der Waals surface area contributed by atoms with E-state index < -0.39 is 0 Å². The predicted molar refractivity (Wildman–Crippen MR) is 64.0 cm³/mol. The normalized spacial score (nSPS) is 14.9. The highest BCUT2D eigenvalue weighted by molar-refractivity contribution is 4.73. The Kier molecular flexibility index (Phi) is 9.89. The highest BCUT2D eigenvalue weighted by atomic mass is 16.5. The van der Waals surface area contributed by atoms with Crippen molar-refractivity contribution in [3.63, 3.8) is 0 Å². The fourth-order valence-electron chi connectivity index (χ4n) is 1.50. The van der Waals surface area contributed by atoms with Crippen molar-refractivity contribution in [2.75, 3.05) is 20.3 Å². The SMILES string of the molecule is C=CCCC(CC)NCCC(O)COC. The van der Waals surface area contributed by atoms with Crippen LogP contribution in [-0.2, 0) is 4.74 Å². The number of nitrogens with one attached hydrogen (secondary N) is 1. The maximum atomic E-state index is 9.43. The molecule has 0 bridgehead atoms. The van der Waals surface area contributed by atoms with Crippen LogP contribution in [0.15, 0.2) is 12.7 Å². The minimum atomic E-state index is -0.348.